The molecule has 2 aromatic carbocycles. The summed E-state index contributed by atoms with van der Waals surface area (Å²) in [5, 5.41) is 1.11. The van der Waals surface area contributed by atoms with Gasteiger partial charge >= 0.3 is 0 Å². The van der Waals surface area contributed by atoms with Crippen molar-refractivity contribution in [2.24, 2.45) is 5.84 Å². The maximum Gasteiger partial charge on any atom is 0.0753 e. The fraction of sp³-hybridized carbons (Fsp3) is 0.118. The third-order valence-corrected chi connectivity index (χ3v) is 4.00. The first-order chi connectivity index (χ1) is 10.2. The monoisotopic (exact) mass is 341 g/mol. The highest BCUT2D eigenvalue weighted by molar-refractivity contribution is 9.10. The van der Waals surface area contributed by atoms with E-state index in [0.29, 0.717) is 0 Å². The molecule has 0 aliphatic heterocycles. The number of hydrazine groups is 1. The highest BCUT2D eigenvalue weighted by atomic mass is 79.9. The molecule has 0 bridgehead atoms. The topological polar surface area (TPSA) is 50.9 Å². The summed E-state index contributed by atoms with van der Waals surface area (Å²) in [6, 6.07) is 16.4. The van der Waals surface area contributed by atoms with Crippen LogP contribution in [0.1, 0.15) is 22.7 Å². The second-order valence-corrected chi connectivity index (χ2v) is 6.00. The number of rotatable bonds is 3. The summed E-state index contributed by atoms with van der Waals surface area (Å²) in [6.07, 6.45) is 1.81. The van der Waals surface area contributed by atoms with Gasteiger partial charge in [0, 0.05) is 21.6 Å². The van der Waals surface area contributed by atoms with Crippen LogP contribution in [-0.4, -0.2) is 4.98 Å². The molecule has 0 fully saturated rings. The maximum atomic E-state index is 5.83. The number of nitrogens with zero attached hydrogens (tertiary/aromatic N) is 1. The number of aromatic nitrogens is 1. The standard InChI is InChI=1S/C17H16BrN3/c1-11-8-13(10-14(18)9-11)17(21-19)15-6-2-4-12-5-3-7-20-16(12)15/h2-10,17,21H,19H2,1H3. The van der Waals surface area contributed by atoms with Crippen LogP contribution in [-0.2, 0) is 0 Å². The quantitative estimate of drug-likeness (QED) is 0.561. The van der Waals surface area contributed by atoms with E-state index in [4.69, 9.17) is 5.84 Å². The summed E-state index contributed by atoms with van der Waals surface area (Å²) < 4.78 is 1.05. The summed E-state index contributed by atoms with van der Waals surface area (Å²) in [5.74, 6) is 5.83. The van der Waals surface area contributed by atoms with Gasteiger partial charge in [0.05, 0.1) is 11.6 Å². The molecular weight excluding hydrogens is 326 g/mol. The molecule has 3 aromatic rings. The molecule has 21 heavy (non-hydrogen) atoms. The first-order valence-corrected chi connectivity index (χ1v) is 7.55. The van der Waals surface area contributed by atoms with Crippen molar-refractivity contribution in [3.8, 4) is 0 Å². The van der Waals surface area contributed by atoms with Gasteiger partial charge in [0.15, 0.2) is 0 Å². The molecule has 3 rings (SSSR count). The molecule has 0 amide bonds. The van der Waals surface area contributed by atoms with Crippen LogP contribution in [0, 0.1) is 6.92 Å². The second kappa shape index (κ2) is 5.93. The highest BCUT2D eigenvalue weighted by Crippen LogP contribution is 2.29. The first-order valence-electron chi connectivity index (χ1n) is 6.76. The van der Waals surface area contributed by atoms with E-state index in [1.54, 1.807) is 0 Å². The van der Waals surface area contributed by atoms with Crippen molar-refractivity contribution in [1.82, 2.24) is 10.4 Å². The lowest BCUT2D eigenvalue weighted by molar-refractivity contribution is 0.639. The number of fused-ring (bicyclic) bond motifs is 1. The predicted octanol–water partition coefficient (Wildman–Crippen LogP) is 3.86. The van der Waals surface area contributed by atoms with E-state index in [9.17, 15) is 0 Å². The number of benzene rings is 2. The van der Waals surface area contributed by atoms with Crippen LogP contribution in [0.5, 0.6) is 0 Å². The lowest BCUT2D eigenvalue weighted by atomic mass is 9.96. The SMILES string of the molecule is Cc1cc(Br)cc(C(NN)c2cccc3cccnc23)c1. The van der Waals surface area contributed by atoms with Crippen molar-refractivity contribution in [3.63, 3.8) is 0 Å². The van der Waals surface area contributed by atoms with E-state index >= 15 is 0 Å². The molecular formula is C17H16BrN3. The summed E-state index contributed by atoms with van der Waals surface area (Å²) in [5.41, 5.74) is 7.27. The Bertz CT molecular complexity index is 760. The number of para-hydroxylation sites is 1. The molecule has 0 spiro atoms. The van der Waals surface area contributed by atoms with Crippen LogP contribution < -0.4 is 11.3 Å². The number of aryl methyl sites for hydroxylation is 1. The first kappa shape index (κ1) is 14.2. The number of hydrogen-bond donors (Lipinski definition) is 2. The van der Waals surface area contributed by atoms with E-state index in [-0.39, 0.29) is 6.04 Å². The van der Waals surface area contributed by atoms with Crippen LogP contribution in [0.15, 0.2) is 59.2 Å². The van der Waals surface area contributed by atoms with Gasteiger partial charge in [-0.15, -0.1) is 0 Å². The van der Waals surface area contributed by atoms with E-state index < -0.39 is 0 Å². The molecule has 0 saturated carbocycles. The van der Waals surface area contributed by atoms with Crippen molar-refractivity contribution < 1.29 is 0 Å². The van der Waals surface area contributed by atoms with Crippen LogP contribution >= 0.6 is 15.9 Å². The molecule has 4 heteroatoms. The van der Waals surface area contributed by atoms with Crippen LogP contribution in [0.4, 0.5) is 0 Å². The molecule has 3 N–H and O–H groups in total. The Labute approximate surface area is 132 Å². The lowest BCUT2D eigenvalue weighted by Gasteiger charge is -2.19. The smallest absolute Gasteiger partial charge is 0.0753 e. The summed E-state index contributed by atoms with van der Waals surface area (Å²) >= 11 is 3.55. The van der Waals surface area contributed by atoms with Gasteiger partial charge in [0.2, 0.25) is 0 Å². The minimum atomic E-state index is -0.0974. The molecule has 106 valence electrons. The normalized spacial score (nSPS) is 12.5. The molecule has 1 unspecified atom stereocenters. The van der Waals surface area contributed by atoms with Crippen molar-refractivity contribution in [3.05, 3.63) is 75.9 Å². The molecule has 1 heterocycles. The van der Waals surface area contributed by atoms with Gasteiger partial charge in [-0.25, -0.2) is 5.43 Å². The summed E-state index contributed by atoms with van der Waals surface area (Å²) in [4.78, 5) is 4.51. The van der Waals surface area contributed by atoms with Gasteiger partial charge in [-0.1, -0.05) is 46.3 Å². The second-order valence-electron chi connectivity index (χ2n) is 5.08. The molecule has 0 saturated heterocycles. The highest BCUT2D eigenvalue weighted by Gasteiger charge is 2.16. The Morgan fingerprint density at radius 3 is 2.71 bits per heavy atom. The third kappa shape index (κ3) is 2.83. The number of halogens is 1. The van der Waals surface area contributed by atoms with E-state index in [1.165, 1.54) is 5.56 Å². The molecule has 1 atom stereocenters. The lowest BCUT2D eigenvalue weighted by Crippen LogP contribution is -2.29. The summed E-state index contributed by atoms with van der Waals surface area (Å²) in [7, 11) is 0. The number of hydrogen-bond acceptors (Lipinski definition) is 3. The Hall–Kier alpha value is -1.75. The minimum Gasteiger partial charge on any atom is -0.271 e. The van der Waals surface area contributed by atoms with Crippen LogP contribution in [0.25, 0.3) is 10.9 Å². The van der Waals surface area contributed by atoms with E-state index in [0.717, 1.165) is 26.5 Å². The van der Waals surface area contributed by atoms with Crippen LogP contribution in [0.3, 0.4) is 0 Å². The Morgan fingerprint density at radius 1 is 1.14 bits per heavy atom. The van der Waals surface area contributed by atoms with Gasteiger partial charge in [-0.3, -0.25) is 10.8 Å². The zero-order valence-corrected chi connectivity index (χ0v) is 13.3. The fourth-order valence-electron chi connectivity index (χ4n) is 2.66. The Morgan fingerprint density at radius 2 is 1.95 bits per heavy atom. The van der Waals surface area contributed by atoms with Gasteiger partial charge in [0.1, 0.15) is 0 Å². The van der Waals surface area contributed by atoms with Crippen LogP contribution in [0.2, 0.25) is 0 Å². The zero-order valence-electron chi connectivity index (χ0n) is 11.7. The van der Waals surface area contributed by atoms with Crippen molar-refractivity contribution in [2.75, 3.05) is 0 Å². The van der Waals surface area contributed by atoms with Gasteiger partial charge < -0.3 is 0 Å². The maximum absolute atomic E-state index is 5.83. The third-order valence-electron chi connectivity index (χ3n) is 3.54. The molecule has 3 nitrogen and oxygen atoms in total. The predicted molar refractivity (Wildman–Crippen MR) is 89.8 cm³/mol. The number of nitrogens with one attached hydrogen (secondary N) is 1. The van der Waals surface area contributed by atoms with E-state index in [1.807, 2.05) is 18.3 Å². The molecule has 1 aromatic heterocycles. The largest absolute Gasteiger partial charge is 0.271 e. The van der Waals surface area contributed by atoms with Gasteiger partial charge in [-0.05, 0) is 36.2 Å². The zero-order chi connectivity index (χ0) is 14.8. The molecule has 0 radical (unpaired) electrons. The number of pyridine rings is 1. The van der Waals surface area contributed by atoms with Gasteiger partial charge in [0.25, 0.3) is 0 Å². The molecule has 0 aliphatic rings. The van der Waals surface area contributed by atoms with Gasteiger partial charge in [-0.2, -0.15) is 0 Å². The van der Waals surface area contributed by atoms with E-state index in [2.05, 4.69) is 69.7 Å². The number of nitrogens with two attached hydrogens (primary N) is 1. The fourth-order valence-corrected chi connectivity index (χ4v) is 3.28. The minimum absolute atomic E-state index is 0.0974. The molecule has 0 aliphatic carbocycles. The average Bonchev–Trinajstić information content (AvgIpc) is 2.47. The Kier molecular flexibility index (Phi) is 4.01. The average molecular weight is 342 g/mol. The van der Waals surface area contributed by atoms with Crippen molar-refractivity contribution >= 4 is 26.8 Å². The van der Waals surface area contributed by atoms with Crippen molar-refractivity contribution in [2.45, 2.75) is 13.0 Å². The van der Waals surface area contributed by atoms with Crippen molar-refractivity contribution in [1.29, 1.82) is 0 Å². The summed E-state index contributed by atoms with van der Waals surface area (Å²) in [6.45, 7) is 2.07. The Balaban J connectivity index is 2.18.